The summed E-state index contributed by atoms with van der Waals surface area (Å²) in [6.45, 7) is 0. The summed E-state index contributed by atoms with van der Waals surface area (Å²) in [6, 6.07) is 13.1. The Balaban J connectivity index is 1.78. The Kier molecular flexibility index (Phi) is 4.75. The topological polar surface area (TPSA) is 47.3 Å². The lowest BCUT2D eigenvalue weighted by molar-refractivity contribution is 0.937. The number of nitrogens with zero attached hydrogens (tertiary/aromatic N) is 3. The van der Waals surface area contributed by atoms with Gasteiger partial charge in [0.25, 0.3) is 5.56 Å². The molecule has 0 radical (unpaired) electrons. The summed E-state index contributed by atoms with van der Waals surface area (Å²) in [4.78, 5) is 18.8. The van der Waals surface area contributed by atoms with Crippen LogP contribution in [-0.4, -0.2) is 20.9 Å². The molecule has 0 aliphatic carbocycles. The maximum atomic E-state index is 12.6. The third-order valence-electron chi connectivity index (χ3n) is 3.77. The second-order valence-corrected chi connectivity index (χ2v) is 8.18. The molecule has 0 aliphatic rings. The zero-order chi connectivity index (χ0) is 18.3. The second-order valence-electron chi connectivity index (χ2n) is 5.44. The molecule has 4 aromatic rings. The highest BCUT2D eigenvalue weighted by Crippen LogP contribution is 2.28. The second kappa shape index (κ2) is 7.04. The Bertz CT molecular complexity index is 1220. The molecule has 0 bridgehead atoms. The Morgan fingerprint density at radius 2 is 1.92 bits per heavy atom. The van der Waals surface area contributed by atoms with Crippen LogP contribution < -0.4 is 10.1 Å². The van der Waals surface area contributed by atoms with Gasteiger partial charge in [-0.25, -0.2) is 0 Å². The van der Waals surface area contributed by atoms with Gasteiger partial charge in [-0.1, -0.05) is 46.7 Å². The highest BCUT2D eigenvalue weighted by molar-refractivity contribution is 7.98. The molecular weight excluding hydrogens is 409 g/mol. The molecule has 4 nitrogen and oxygen atoms in total. The smallest absolute Gasteiger partial charge is 0.266 e. The number of benzene rings is 2. The summed E-state index contributed by atoms with van der Waals surface area (Å²) in [7, 11) is 0. The number of rotatable bonds is 3. The Morgan fingerprint density at radius 3 is 2.58 bits per heavy atom. The predicted molar refractivity (Wildman–Crippen MR) is 110 cm³/mol. The van der Waals surface area contributed by atoms with Crippen molar-refractivity contribution in [2.75, 3.05) is 6.26 Å². The molecule has 0 amide bonds. The van der Waals surface area contributed by atoms with Gasteiger partial charge in [-0.15, -0.1) is 16.9 Å². The highest BCUT2D eigenvalue weighted by atomic mass is 35.5. The first-order valence-electron chi connectivity index (χ1n) is 7.56. The quantitative estimate of drug-likeness (QED) is 0.461. The average molecular weight is 420 g/mol. The van der Waals surface area contributed by atoms with Gasteiger partial charge in [0.2, 0.25) is 4.96 Å². The molecule has 8 heteroatoms. The fourth-order valence-electron chi connectivity index (χ4n) is 2.47. The van der Waals surface area contributed by atoms with Gasteiger partial charge in [0, 0.05) is 15.5 Å². The first-order valence-corrected chi connectivity index (χ1v) is 10.4. The van der Waals surface area contributed by atoms with Gasteiger partial charge in [-0.05, 0) is 48.2 Å². The van der Waals surface area contributed by atoms with Crippen molar-refractivity contribution >= 4 is 57.3 Å². The van der Waals surface area contributed by atoms with Crippen LogP contribution in [0.2, 0.25) is 10.0 Å². The van der Waals surface area contributed by atoms with E-state index >= 15 is 0 Å². The van der Waals surface area contributed by atoms with Crippen molar-refractivity contribution < 1.29 is 0 Å². The van der Waals surface area contributed by atoms with E-state index in [1.54, 1.807) is 30.0 Å². The van der Waals surface area contributed by atoms with E-state index in [0.29, 0.717) is 30.9 Å². The molecule has 0 aliphatic heterocycles. The Labute approximate surface area is 167 Å². The minimum Gasteiger partial charge on any atom is -0.266 e. The molecule has 0 N–H and O–H groups in total. The Morgan fingerprint density at radius 1 is 1.15 bits per heavy atom. The van der Waals surface area contributed by atoms with E-state index in [9.17, 15) is 4.79 Å². The van der Waals surface area contributed by atoms with Gasteiger partial charge >= 0.3 is 0 Å². The summed E-state index contributed by atoms with van der Waals surface area (Å²) in [5, 5.41) is 5.30. The average Bonchev–Trinajstić information content (AvgIpc) is 3.15. The summed E-state index contributed by atoms with van der Waals surface area (Å²) in [5.74, 6) is 0.408. The van der Waals surface area contributed by atoms with Gasteiger partial charge in [0.15, 0.2) is 5.82 Å². The largest absolute Gasteiger partial charge is 0.291 e. The summed E-state index contributed by atoms with van der Waals surface area (Å²) >= 11 is 15.1. The molecule has 4 rings (SSSR count). The van der Waals surface area contributed by atoms with Crippen LogP contribution in [0.5, 0.6) is 0 Å². The van der Waals surface area contributed by atoms with E-state index in [0.717, 1.165) is 5.56 Å². The molecule has 0 spiro atoms. The summed E-state index contributed by atoms with van der Waals surface area (Å²) < 4.78 is 1.90. The van der Waals surface area contributed by atoms with Crippen molar-refractivity contribution in [3.05, 3.63) is 73.0 Å². The van der Waals surface area contributed by atoms with Crippen LogP contribution in [0.15, 0.2) is 52.2 Å². The van der Waals surface area contributed by atoms with Crippen LogP contribution in [0.1, 0.15) is 5.56 Å². The fraction of sp³-hybridized carbons (Fsp3) is 0.0556. The van der Waals surface area contributed by atoms with E-state index in [1.165, 1.54) is 20.7 Å². The number of hydrogen-bond acceptors (Lipinski definition) is 5. The molecule has 0 fully saturated rings. The molecule has 26 heavy (non-hydrogen) atoms. The maximum Gasteiger partial charge on any atom is 0.291 e. The van der Waals surface area contributed by atoms with Crippen molar-refractivity contribution in [3.8, 4) is 11.4 Å². The minimum atomic E-state index is -0.192. The first kappa shape index (κ1) is 17.5. The molecule has 0 unspecified atom stereocenters. The molecule has 2 heterocycles. The predicted octanol–water partition coefficient (Wildman–Crippen LogP) is 4.39. The number of hydrogen-bond donors (Lipinski definition) is 0. The standard InChI is InChI=1S/C18H11Cl2N3OS2/c1-25-12-5-2-10(3-6-12)8-15-17(24)23-18(26-15)21-16(22-23)13-7-4-11(19)9-14(13)20/h2-9H,1H3/b15-8-. The van der Waals surface area contributed by atoms with E-state index in [-0.39, 0.29) is 5.56 Å². The molecule has 0 saturated heterocycles. The lowest BCUT2D eigenvalue weighted by Crippen LogP contribution is -2.23. The van der Waals surface area contributed by atoms with Crippen LogP contribution in [0.25, 0.3) is 22.4 Å². The molecule has 130 valence electrons. The van der Waals surface area contributed by atoms with Crippen LogP contribution in [-0.2, 0) is 0 Å². The van der Waals surface area contributed by atoms with Gasteiger partial charge in [0.1, 0.15) is 0 Å². The third-order valence-corrected chi connectivity index (χ3v) is 6.02. The van der Waals surface area contributed by atoms with Crippen molar-refractivity contribution in [2.24, 2.45) is 0 Å². The number of fused-ring (bicyclic) bond motifs is 1. The zero-order valence-electron chi connectivity index (χ0n) is 13.4. The summed E-state index contributed by atoms with van der Waals surface area (Å²) in [6.07, 6.45) is 3.88. The van der Waals surface area contributed by atoms with Crippen LogP contribution >= 0.6 is 46.3 Å². The number of halogens is 2. The number of thioether (sulfide) groups is 1. The van der Waals surface area contributed by atoms with Crippen molar-refractivity contribution in [1.29, 1.82) is 0 Å². The van der Waals surface area contributed by atoms with Crippen LogP contribution in [0, 0.1) is 0 Å². The highest BCUT2D eigenvalue weighted by Gasteiger charge is 2.14. The normalized spacial score (nSPS) is 12.2. The SMILES string of the molecule is CSc1ccc(/C=c2\sc3nc(-c4ccc(Cl)cc4Cl)nn3c2=O)cc1. The molecule has 2 aromatic carbocycles. The molecular formula is C18H11Cl2N3OS2. The lowest BCUT2D eigenvalue weighted by atomic mass is 10.2. The zero-order valence-corrected chi connectivity index (χ0v) is 16.6. The fourth-order valence-corrected chi connectivity index (χ4v) is 4.28. The monoisotopic (exact) mass is 419 g/mol. The minimum absolute atomic E-state index is 0.192. The van der Waals surface area contributed by atoms with Gasteiger partial charge in [0.05, 0.1) is 9.55 Å². The van der Waals surface area contributed by atoms with Crippen molar-refractivity contribution in [1.82, 2.24) is 14.6 Å². The van der Waals surface area contributed by atoms with E-state index in [2.05, 4.69) is 10.1 Å². The molecule has 2 aromatic heterocycles. The molecule has 0 atom stereocenters. The Hall–Kier alpha value is -1.86. The van der Waals surface area contributed by atoms with Gasteiger partial charge < -0.3 is 0 Å². The maximum absolute atomic E-state index is 12.6. The van der Waals surface area contributed by atoms with Crippen LogP contribution in [0.3, 0.4) is 0 Å². The number of thiazole rings is 1. The van der Waals surface area contributed by atoms with Crippen molar-refractivity contribution in [2.45, 2.75) is 4.90 Å². The number of aromatic nitrogens is 3. The summed E-state index contributed by atoms with van der Waals surface area (Å²) in [5.41, 5.74) is 1.41. The third kappa shape index (κ3) is 3.25. The first-order chi connectivity index (χ1) is 12.5. The van der Waals surface area contributed by atoms with Crippen LogP contribution in [0.4, 0.5) is 0 Å². The lowest BCUT2D eigenvalue weighted by Gasteiger charge is -1.99. The van der Waals surface area contributed by atoms with E-state index in [1.807, 2.05) is 36.6 Å². The van der Waals surface area contributed by atoms with Crippen molar-refractivity contribution in [3.63, 3.8) is 0 Å². The molecule has 0 saturated carbocycles. The van der Waals surface area contributed by atoms with E-state index in [4.69, 9.17) is 23.2 Å². The van der Waals surface area contributed by atoms with Gasteiger partial charge in [-0.2, -0.15) is 9.50 Å². The van der Waals surface area contributed by atoms with Gasteiger partial charge in [-0.3, -0.25) is 4.79 Å². The van der Waals surface area contributed by atoms with E-state index < -0.39 is 0 Å².